The number of ether oxygens (including phenoxy) is 2. The van der Waals surface area contributed by atoms with Crippen LogP contribution in [0, 0.1) is 0 Å². The Hall–Kier alpha value is -1.69. The summed E-state index contributed by atoms with van der Waals surface area (Å²) in [6, 6.07) is 0. The highest BCUT2D eigenvalue weighted by Gasteiger charge is 2.07. The molecule has 0 aliphatic rings. The summed E-state index contributed by atoms with van der Waals surface area (Å²) in [5.41, 5.74) is -0.109. The number of carbonyl (C=O) groups is 1. The SMILES string of the molecule is COCC(C)Oc1cnc(C(=O)O)cn1. The van der Waals surface area contributed by atoms with Crippen LogP contribution in [0.5, 0.6) is 5.88 Å². The van der Waals surface area contributed by atoms with Crippen LogP contribution in [-0.4, -0.2) is 40.9 Å². The quantitative estimate of drug-likeness (QED) is 0.769. The summed E-state index contributed by atoms with van der Waals surface area (Å²) in [5.74, 6) is -0.830. The van der Waals surface area contributed by atoms with E-state index in [0.717, 1.165) is 6.20 Å². The third kappa shape index (κ3) is 3.51. The number of hydrogen-bond donors (Lipinski definition) is 1. The lowest BCUT2D eigenvalue weighted by Crippen LogP contribution is -2.18. The van der Waals surface area contributed by atoms with E-state index in [1.54, 1.807) is 7.11 Å². The molecule has 1 rings (SSSR count). The van der Waals surface area contributed by atoms with Crippen LogP contribution in [0.25, 0.3) is 0 Å². The van der Waals surface area contributed by atoms with Gasteiger partial charge >= 0.3 is 5.97 Å². The molecule has 1 N–H and O–H groups in total. The second kappa shape index (κ2) is 5.26. The van der Waals surface area contributed by atoms with Gasteiger partial charge in [0.2, 0.25) is 5.88 Å². The number of carboxylic acids is 1. The molecular weight excluding hydrogens is 200 g/mol. The second-order valence-electron chi connectivity index (χ2n) is 2.93. The van der Waals surface area contributed by atoms with Crippen molar-refractivity contribution in [3.63, 3.8) is 0 Å². The summed E-state index contributed by atoms with van der Waals surface area (Å²) in [4.78, 5) is 17.9. The molecule has 0 bridgehead atoms. The van der Waals surface area contributed by atoms with Crippen molar-refractivity contribution in [3.8, 4) is 5.88 Å². The summed E-state index contributed by atoms with van der Waals surface area (Å²) in [5, 5.41) is 8.58. The Labute approximate surface area is 86.9 Å². The molecule has 1 heterocycles. The van der Waals surface area contributed by atoms with Crippen LogP contribution in [0.2, 0.25) is 0 Å². The fourth-order valence-electron chi connectivity index (χ4n) is 0.962. The number of hydrogen-bond acceptors (Lipinski definition) is 5. The topological polar surface area (TPSA) is 81.5 Å². The Morgan fingerprint density at radius 1 is 1.53 bits per heavy atom. The van der Waals surface area contributed by atoms with Gasteiger partial charge in [-0.3, -0.25) is 0 Å². The van der Waals surface area contributed by atoms with Crippen LogP contribution in [-0.2, 0) is 4.74 Å². The number of aromatic carboxylic acids is 1. The fraction of sp³-hybridized carbons (Fsp3) is 0.444. The average molecular weight is 212 g/mol. The van der Waals surface area contributed by atoms with Gasteiger partial charge in [0.15, 0.2) is 5.69 Å². The van der Waals surface area contributed by atoms with E-state index in [-0.39, 0.29) is 17.7 Å². The summed E-state index contributed by atoms with van der Waals surface area (Å²) in [6.07, 6.45) is 2.27. The van der Waals surface area contributed by atoms with Gasteiger partial charge in [-0.15, -0.1) is 0 Å². The minimum atomic E-state index is -1.11. The first kappa shape index (κ1) is 11.4. The maximum atomic E-state index is 10.5. The molecule has 15 heavy (non-hydrogen) atoms. The molecule has 6 nitrogen and oxygen atoms in total. The van der Waals surface area contributed by atoms with Gasteiger partial charge in [-0.2, -0.15) is 0 Å². The molecule has 0 radical (unpaired) electrons. The van der Waals surface area contributed by atoms with Gasteiger partial charge in [0.1, 0.15) is 6.10 Å². The van der Waals surface area contributed by atoms with E-state index in [1.807, 2.05) is 6.92 Å². The lowest BCUT2D eigenvalue weighted by atomic mass is 10.4. The van der Waals surface area contributed by atoms with Gasteiger partial charge < -0.3 is 14.6 Å². The third-order valence-electron chi connectivity index (χ3n) is 1.57. The number of aromatic nitrogens is 2. The average Bonchev–Trinajstić information content (AvgIpc) is 2.18. The zero-order valence-corrected chi connectivity index (χ0v) is 8.51. The Balaban J connectivity index is 2.60. The van der Waals surface area contributed by atoms with Gasteiger partial charge in [0.05, 0.1) is 19.0 Å². The van der Waals surface area contributed by atoms with Crippen molar-refractivity contribution in [1.82, 2.24) is 9.97 Å². The first-order chi connectivity index (χ1) is 7.13. The van der Waals surface area contributed by atoms with Crippen molar-refractivity contribution >= 4 is 5.97 Å². The molecule has 1 aromatic rings. The van der Waals surface area contributed by atoms with Crippen molar-refractivity contribution in [2.45, 2.75) is 13.0 Å². The molecule has 0 saturated carbocycles. The molecular formula is C9H12N2O4. The molecule has 0 saturated heterocycles. The van der Waals surface area contributed by atoms with E-state index >= 15 is 0 Å². The number of rotatable bonds is 5. The summed E-state index contributed by atoms with van der Waals surface area (Å²) in [7, 11) is 1.57. The van der Waals surface area contributed by atoms with Gasteiger partial charge in [-0.25, -0.2) is 14.8 Å². The first-order valence-electron chi connectivity index (χ1n) is 4.34. The Kier molecular flexibility index (Phi) is 3.99. The minimum absolute atomic E-state index is 0.109. The maximum Gasteiger partial charge on any atom is 0.356 e. The molecule has 1 unspecified atom stereocenters. The van der Waals surface area contributed by atoms with Gasteiger partial charge in [-0.1, -0.05) is 0 Å². The molecule has 0 spiro atoms. The van der Waals surface area contributed by atoms with Crippen molar-refractivity contribution in [2.24, 2.45) is 0 Å². The van der Waals surface area contributed by atoms with Gasteiger partial charge in [0.25, 0.3) is 0 Å². The van der Waals surface area contributed by atoms with Crippen molar-refractivity contribution in [1.29, 1.82) is 0 Å². The lowest BCUT2D eigenvalue weighted by molar-refractivity contribution is 0.0688. The second-order valence-corrected chi connectivity index (χ2v) is 2.93. The Morgan fingerprint density at radius 3 is 2.73 bits per heavy atom. The largest absolute Gasteiger partial charge is 0.476 e. The van der Waals surface area contributed by atoms with Crippen LogP contribution in [0.15, 0.2) is 12.4 Å². The Bertz CT molecular complexity index is 325. The molecule has 0 fully saturated rings. The van der Waals surface area contributed by atoms with Crippen LogP contribution in [0.3, 0.4) is 0 Å². The van der Waals surface area contributed by atoms with Gasteiger partial charge in [0, 0.05) is 7.11 Å². The lowest BCUT2D eigenvalue weighted by Gasteiger charge is -2.11. The van der Waals surface area contributed by atoms with Crippen LogP contribution in [0.1, 0.15) is 17.4 Å². The monoisotopic (exact) mass is 212 g/mol. The fourth-order valence-corrected chi connectivity index (χ4v) is 0.962. The van der Waals surface area contributed by atoms with Crippen molar-refractivity contribution in [2.75, 3.05) is 13.7 Å². The zero-order valence-electron chi connectivity index (χ0n) is 8.51. The molecule has 1 aromatic heterocycles. The van der Waals surface area contributed by atoms with E-state index in [9.17, 15) is 4.79 Å². The van der Waals surface area contributed by atoms with E-state index in [1.165, 1.54) is 6.20 Å². The summed E-state index contributed by atoms with van der Waals surface area (Å²) < 4.78 is 10.2. The van der Waals surface area contributed by atoms with Crippen LogP contribution < -0.4 is 4.74 Å². The minimum Gasteiger partial charge on any atom is -0.476 e. The standard InChI is InChI=1S/C9H12N2O4/c1-6(5-14-2)15-8-4-10-7(3-11-8)9(12)13/h3-4,6H,5H2,1-2H3,(H,12,13). The van der Waals surface area contributed by atoms with Crippen LogP contribution >= 0.6 is 0 Å². The first-order valence-corrected chi connectivity index (χ1v) is 4.34. The molecule has 0 aliphatic heterocycles. The number of methoxy groups -OCH3 is 1. The van der Waals surface area contributed by atoms with E-state index in [0.29, 0.717) is 6.61 Å². The molecule has 0 aliphatic carbocycles. The molecule has 0 aromatic carbocycles. The number of nitrogens with zero attached hydrogens (tertiary/aromatic N) is 2. The highest BCUT2D eigenvalue weighted by atomic mass is 16.5. The normalized spacial score (nSPS) is 12.1. The van der Waals surface area contributed by atoms with E-state index in [4.69, 9.17) is 14.6 Å². The predicted octanol–water partition coefficient (Wildman–Crippen LogP) is 0.589. The maximum absolute atomic E-state index is 10.5. The third-order valence-corrected chi connectivity index (χ3v) is 1.57. The van der Waals surface area contributed by atoms with E-state index < -0.39 is 5.97 Å². The highest BCUT2D eigenvalue weighted by Crippen LogP contribution is 2.06. The number of carboxylic acid groups (broad SMARTS) is 1. The molecule has 6 heteroatoms. The Morgan fingerprint density at radius 2 is 2.27 bits per heavy atom. The smallest absolute Gasteiger partial charge is 0.356 e. The summed E-state index contributed by atoms with van der Waals surface area (Å²) in [6.45, 7) is 2.25. The van der Waals surface area contributed by atoms with Crippen molar-refractivity contribution in [3.05, 3.63) is 18.1 Å². The van der Waals surface area contributed by atoms with Gasteiger partial charge in [-0.05, 0) is 6.92 Å². The van der Waals surface area contributed by atoms with E-state index in [2.05, 4.69) is 9.97 Å². The summed E-state index contributed by atoms with van der Waals surface area (Å²) >= 11 is 0. The highest BCUT2D eigenvalue weighted by molar-refractivity contribution is 5.84. The zero-order chi connectivity index (χ0) is 11.3. The predicted molar refractivity (Wildman–Crippen MR) is 51.0 cm³/mol. The molecule has 82 valence electrons. The van der Waals surface area contributed by atoms with Crippen LogP contribution in [0.4, 0.5) is 0 Å². The molecule has 1 atom stereocenters. The molecule has 0 amide bonds. The van der Waals surface area contributed by atoms with Crippen molar-refractivity contribution < 1.29 is 19.4 Å².